The maximum Gasteiger partial charge on any atom is 0.241 e. The van der Waals surface area contributed by atoms with Gasteiger partial charge in [-0.3, -0.25) is 4.79 Å². The second kappa shape index (κ2) is 11.0. The van der Waals surface area contributed by atoms with Crippen molar-refractivity contribution in [1.29, 1.82) is 5.26 Å². The Bertz CT molecular complexity index is 955. The molecule has 2 aromatic carbocycles. The summed E-state index contributed by atoms with van der Waals surface area (Å²) < 4.78 is 27.6. The van der Waals surface area contributed by atoms with E-state index in [-0.39, 0.29) is 16.7 Å². The van der Waals surface area contributed by atoms with E-state index in [4.69, 9.17) is 5.26 Å². The number of rotatable bonds is 10. The zero-order valence-corrected chi connectivity index (χ0v) is 18.1. The van der Waals surface area contributed by atoms with Crippen LogP contribution >= 0.6 is 11.8 Å². The molecule has 0 saturated heterocycles. The van der Waals surface area contributed by atoms with E-state index in [9.17, 15) is 13.2 Å². The second-order valence-corrected chi connectivity index (χ2v) is 9.59. The number of benzene rings is 2. The molecule has 1 amide bonds. The Labute approximate surface area is 176 Å². The van der Waals surface area contributed by atoms with Crippen molar-refractivity contribution in [2.75, 3.05) is 12.3 Å². The largest absolute Gasteiger partial charge is 0.354 e. The van der Waals surface area contributed by atoms with Crippen LogP contribution < -0.4 is 10.0 Å². The molecule has 1 atom stereocenters. The summed E-state index contributed by atoms with van der Waals surface area (Å²) in [5.41, 5.74) is 1.61. The number of sulfonamides is 1. The van der Waals surface area contributed by atoms with Crippen LogP contribution in [-0.4, -0.2) is 32.7 Å². The van der Waals surface area contributed by atoms with Gasteiger partial charge < -0.3 is 5.32 Å². The molecule has 0 aliphatic carbocycles. The highest BCUT2D eigenvalue weighted by Gasteiger charge is 2.28. The smallest absolute Gasteiger partial charge is 0.241 e. The minimum Gasteiger partial charge on any atom is -0.354 e. The molecule has 29 heavy (non-hydrogen) atoms. The lowest BCUT2D eigenvalue weighted by Crippen LogP contribution is -2.50. The molecular formula is C21H25N3O3S2. The lowest BCUT2D eigenvalue weighted by atomic mass is 10.1. The van der Waals surface area contributed by atoms with Gasteiger partial charge in [0.2, 0.25) is 15.9 Å². The fraction of sp³-hybridized carbons (Fsp3) is 0.333. The van der Waals surface area contributed by atoms with Crippen molar-refractivity contribution < 1.29 is 13.2 Å². The van der Waals surface area contributed by atoms with E-state index in [2.05, 4.69) is 16.1 Å². The molecular weight excluding hydrogens is 406 g/mol. The molecule has 0 heterocycles. The zero-order valence-electron chi connectivity index (χ0n) is 16.5. The van der Waals surface area contributed by atoms with Crippen LogP contribution in [0.3, 0.4) is 0 Å². The molecule has 6 nitrogen and oxygen atoms in total. The molecule has 2 aromatic rings. The Kier molecular flexibility index (Phi) is 8.70. The van der Waals surface area contributed by atoms with Crippen LogP contribution in [0.25, 0.3) is 0 Å². The maximum absolute atomic E-state index is 12.5. The van der Waals surface area contributed by atoms with Gasteiger partial charge in [-0.1, -0.05) is 50.2 Å². The average molecular weight is 432 g/mol. The zero-order chi connectivity index (χ0) is 21.3. The SMILES string of the molecule is CC(C)[C@@H](NS(=O)(=O)c1ccccc1)C(=O)NCCSCc1ccccc1C#N. The fourth-order valence-electron chi connectivity index (χ4n) is 2.62. The first kappa shape index (κ1) is 22.9. The summed E-state index contributed by atoms with van der Waals surface area (Å²) in [4.78, 5) is 12.7. The summed E-state index contributed by atoms with van der Waals surface area (Å²) in [7, 11) is -3.78. The number of amides is 1. The average Bonchev–Trinajstić information content (AvgIpc) is 2.72. The molecule has 0 bridgehead atoms. The summed E-state index contributed by atoms with van der Waals surface area (Å²) in [6, 6.07) is 16.7. The number of carbonyl (C=O) groups is 1. The molecule has 0 unspecified atom stereocenters. The van der Waals surface area contributed by atoms with Gasteiger partial charge >= 0.3 is 0 Å². The van der Waals surface area contributed by atoms with Crippen LogP contribution in [0.5, 0.6) is 0 Å². The number of carbonyl (C=O) groups excluding carboxylic acids is 1. The van der Waals surface area contributed by atoms with Gasteiger partial charge in [0.25, 0.3) is 0 Å². The van der Waals surface area contributed by atoms with Crippen LogP contribution in [0.15, 0.2) is 59.5 Å². The summed E-state index contributed by atoms with van der Waals surface area (Å²) in [6.45, 7) is 4.01. The molecule has 0 saturated carbocycles. The lowest BCUT2D eigenvalue weighted by molar-refractivity contribution is -0.123. The van der Waals surface area contributed by atoms with E-state index < -0.39 is 16.1 Å². The lowest BCUT2D eigenvalue weighted by Gasteiger charge is -2.21. The Morgan fingerprint density at radius 3 is 2.41 bits per heavy atom. The van der Waals surface area contributed by atoms with Gasteiger partial charge in [0.15, 0.2) is 0 Å². The van der Waals surface area contributed by atoms with Crippen LogP contribution in [0.1, 0.15) is 25.0 Å². The van der Waals surface area contributed by atoms with Crippen molar-refractivity contribution >= 4 is 27.7 Å². The summed E-state index contributed by atoms with van der Waals surface area (Å²) in [5, 5.41) is 11.9. The van der Waals surface area contributed by atoms with Crippen molar-refractivity contribution in [3.8, 4) is 6.07 Å². The quantitative estimate of drug-likeness (QED) is 0.564. The number of hydrogen-bond acceptors (Lipinski definition) is 5. The van der Waals surface area contributed by atoms with Crippen molar-refractivity contribution in [2.45, 2.75) is 30.5 Å². The predicted octanol–water partition coefficient (Wildman–Crippen LogP) is 2.91. The molecule has 154 valence electrons. The molecule has 2 rings (SSSR count). The van der Waals surface area contributed by atoms with E-state index in [0.29, 0.717) is 23.6 Å². The fourth-order valence-corrected chi connectivity index (χ4v) is 4.85. The molecule has 0 aromatic heterocycles. The number of nitrogens with one attached hydrogen (secondary N) is 2. The Morgan fingerprint density at radius 2 is 1.76 bits per heavy atom. The standard InChI is InChI=1S/C21H25N3O3S2/c1-16(2)20(24-29(26,27)19-10-4-3-5-11-19)21(25)23-12-13-28-15-18-9-7-6-8-17(18)14-22/h3-11,16,20,24H,12-13,15H2,1-2H3,(H,23,25)/t20-/m1/s1. The number of nitriles is 1. The van der Waals surface area contributed by atoms with Crippen molar-refractivity contribution in [2.24, 2.45) is 5.92 Å². The minimum absolute atomic E-state index is 0.130. The number of thioether (sulfide) groups is 1. The molecule has 0 aliphatic rings. The summed E-state index contributed by atoms with van der Waals surface area (Å²) in [5.74, 6) is 0.775. The van der Waals surface area contributed by atoms with Crippen molar-refractivity contribution in [1.82, 2.24) is 10.0 Å². The monoisotopic (exact) mass is 431 g/mol. The molecule has 0 radical (unpaired) electrons. The third-order valence-electron chi connectivity index (χ3n) is 4.23. The highest BCUT2D eigenvalue weighted by Crippen LogP contribution is 2.16. The van der Waals surface area contributed by atoms with Crippen molar-refractivity contribution in [3.63, 3.8) is 0 Å². The maximum atomic E-state index is 12.5. The molecule has 2 N–H and O–H groups in total. The third-order valence-corrected chi connectivity index (χ3v) is 6.69. The predicted molar refractivity (Wildman–Crippen MR) is 116 cm³/mol. The van der Waals surface area contributed by atoms with Gasteiger partial charge in [-0.25, -0.2) is 8.42 Å². The normalized spacial score (nSPS) is 12.3. The number of hydrogen-bond donors (Lipinski definition) is 2. The van der Waals surface area contributed by atoms with Crippen molar-refractivity contribution in [3.05, 3.63) is 65.7 Å². The Hall–Kier alpha value is -2.34. The molecule has 0 spiro atoms. The minimum atomic E-state index is -3.78. The first-order valence-electron chi connectivity index (χ1n) is 9.26. The summed E-state index contributed by atoms with van der Waals surface area (Å²) >= 11 is 1.60. The van der Waals surface area contributed by atoms with Gasteiger partial charge in [-0.05, 0) is 29.7 Å². The van der Waals surface area contributed by atoms with Crippen LogP contribution in [0.4, 0.5) is 0 Å². The first-order valence-corrected chi connectivity index (χ1v) is 11.9. The topological polar surface area (TPSA) is 99.1 Å². The Morgan fingerprint density at radius 1 is 1.10 bits per heavy atom. The summed E-state index contributed by atoms with van der Waals surface area (Å²) in [6.07, 6.45) is 0. The highest BCUT2D eigenvalue weighted by atomic mass is 32.2. The van der Waals surface area contributed by atoms with Gasteiger partial charge in [-0.2, -0.15) is 21.7 Å². The van der Waals surface area contributed by atoms with E-state index in [1.165, 1.54) is 12.1 Å². The molecule has 8 heteroatoms. The van der Waals surface area contributed by atoms with Gasteiger partial charge in [0.1, 0.15) is 6.04 Å². The van der Waals surface area contributed by atoms with E-state index >= 15 is 0 Å². The first-order chi connectivity index (χ1) is 13.8. The van der Waals surface area contributed by atoms with E-state index in [1.807, 2.05) is 18.2 Å². The molecule has 0 fully saturated rings. The van der Waals surface area contributed by atoms with Crippen LogP contribution in [0.2, 0.25) is 0 Å². The van der Waals surface area contributed by atoms with E-state index in [0.717, 1.165) is 5.56 Å². The van der Waals surface area contributed by atoms with Gasteiger partial charge in [0, 0.05) is 18.1 Å². The second-order valence-electron chi connectivity index (χ2n) is 6.77. The highest BCUT2D eigenvalue weighted by molar-refractivity contribution is 7.98. The van der Waals surface area contributed by atoms with E-state index in [1.54, 1.807) is 49.9 Å². The Balaban J connectivity index is 1.86. The van der Waals surface area contributed by atoms with Crippen LogP contribution in [-0.2, 0) is 20.6 Å². The third kappa shape index (κ3) is 6.89. The number of nitrogens with zero attached hydrogens (tertiary/aromatic N) is 1. The van der Waals surface area contributed by atoms with Crippen LogP contribution in [0, 0.1) is 17.2 Å². The van der Waals surface area contributed by atoms with Gasteiger partial charge in [-0.15, -0.1) is 0 Å². The van der Waals surface area contributed by atoms with Gasteiger partial charge in [0.05, 0.1) is 16.5 Å². The molecule has 0 aliphatic heterocycles.